The molecule has 0 unspecified atom stereocenters. The van der Waals surface area contributed by atoms with Gasteiger partial charge in [-0.3, -0.25) is 9.59 Å². The number of nitrogens with one attached hydrogen (secondary N) is 1. The highest BCUT2D eigenvalue weighted by Gasteiger charge is 2.28. The summed E-state index contributed by atoms with van der Waals surface area (Å²) in [7, 11) is 0. The summed E-state index contributed by atoms with van der Waals surface area (Å²) in [6.45, 7) is 1.97. The first-order chi connectivity index (χ1) is 14.9. The predicted molar refractivity (Wildman–Crippen MR) is 120 cm³/mol. The molecule has 0 saturated heterocycles. The van der Waals surface area contributed by atoms with Gasteiger partial charge >= 0.3 is 0 Å². The predicted octanol–water partition coefficient (Wildman–Crippen LogP) is 4.76. The molecule has 1 atom stereocenters. The van der Waals surface area contributed by atoms with Gasteiger partial charge in [0.15, 0.2) is 0 Å². The molecule has 0 saturated carbocycles. The lowest BCUT2D eigenvalue weighted by Gasteiger charge is -2.30. The maximum absolute atomic E-state index is 13.3. The zero-order chi connectivity index (χ0) is 22.2. The Hall–Kier alpha value is -3.18. The largest absolute Gasteiger partial charge is 0.350 e. The first-order valence-electron chi connectivity index (χ1n) is 10.00. The number of nitrogens with zero attached hydrogens (tertiary/aromatic N) is 1. The first kappa shape index (κ1) is 22.5. The lowest BCUT2D eigenvalue weighted by atomic mass is 10.0. The van der Waals surface area contributed by atoms with Gasteiger partial charge in [0.25, 0.3) is 0 Å². The molecule has 0 aromatic heterocycles. The van der Waals surface area contributed by atoms with Crippen molar-refractivity contribution in [2.75, 3.05) is 0 Å². The Labute approximate surface area is 186 Å². The van der Waals surface area contributed by atoms with Gasteiger partial charge < -0.3 is 10.2 Å². The van der Waals surface area contributed by atoms with Crippen LogP contribution in [0.2, 0.25) is 5.02 Å². The van der Waals surface area contributed by atoms with Crippen LogP contribution in [0.25, 0.3) is 0 Å². The van der Waals surface area contributed by atoms with E-state index >= 15 is 0 Å². The molecule has 0 spiro atoms. The van der Waals surface area contributed by atoms with Crippen molar-refractivity contribution in [2.24, 2.45) is 0 Å². The first-order valence-corrected chi connectivity index (χ1v) is 10.4. The van der Waals surface area contributed by atoms with Gasteiger partial charge in [-0.25, -0.2) is 4.39 Å². The quantitative estimate of drug-likeness (QED) is 0.551. The van der Waals surface area contributed by atoms with E-state index in [0.29, 0.717) is 18.0 Å². The monoisotopic (exact) mass is 438 g/mol. The number of rotatable bonds is 8. The second-order valence-corrected chi connectivity index (χ2v) is 7.76. The number of amides is 2. The fraction of sp³-hybridized carbons (Fsp3) is 0.200. The fourth-order valence-corrected chi connectivity index (χ4v) is 3.44. The summed E-state index contributed by atoms with van der Waals surface area (Å²) in [5, 5.41) is 3.56. The van der Waals surface area contributed by atoms with Crippen LogP contribution in [0.1, 0.15) is 23.6 Å². The third kappa shape index (κ3) is 6.66. The lowest BCUT2D eigenvalue weighted by molar-refractivity contribution is -0.139. The van der Waals surface area contributed by atoms with Crippen LogP contribution in [0.3, 0.4) is 0 Å². The minimum atomic E-state index is -0.711. The summed E-state index contributed by atoms with van der Waals surface area (Å²) in [4.78, 5) is 27.2. The Morgan fingerprint density at radius 3 is 2.13 bits per heavy atom. The third-order valence-corrected chi connectivity index (χ3v) is 5.25. The van der Waals surface area contributed by atoms with E-state index in [4.69, 9.17) is 11.6 Å². The molecule has 0 bridgehead atoms. The van der Waals surface area contributed by atoms with Crippen molar-refractivity contribution in [3.05, 3.63) is 106 Å². The van der Waals surface area contributed by atoms with Crippen molar-refractivity contribution >= 4 is 23.4 Å². The Balaban J connectivity index is 1.81. The number of carbonyl (C=O) groups is 2. The number of hydrogen-bond donors (Lipinski definition) is 1. The van der Waals surface area contributed by atoms with Crippen molar-refractivity contribution < 1.29 is 14.0 Å². The number of halogens is 2. The van der Waals surface area contributed by atoms with Gasteiger partial charge in [-0.2, -0.15) is 0 Å². The average molecular weight is 439 g/mol. The van der Waals surface area contributed by atoms with Crippen molar-refractivity contribution in [1.29, 1.82) is 0 Å². The molecule has 0 radical (unpaired) electrons. The van der Waals surface area contributed by atoms with E-state index in [2.05, 4.69) is 5.32 Å². The van der Waals surface area contributed by atoms with Crippen LogP contribution in [-0.2, 0) is 29.1 Å². The molecule has 3 rings (SSSR count). The zero-order valence-corrected chi connectivity index (χ0v) is 18.0. The normalized spacial score (nSPS) is 11.6. The Morgan fingerprint density at radius 2 is 1.52 bits per heavy atom. The summed E-state index contributed by atoms with van der Waals surface area (Å²) in [5.41, 5.74) is 2.60. The third-order valence-electron chi connectivity index (χ3n) is 5.00. The van der Waals surface area contributed by atoms with Crippen LogP contribution in [0.15, 0.2) is 78.9 Å². The van der Waals surface area contributed by atoms with Crippen molar-refractivity contribution in [2.45, 2.75) is 32.5 Å². The van der Waals surface area contributed by atoms with E-state index in [1.165, 1.54) is 24.0 Å². The summed E-state index contributed by atoms with van der Waals surface area (Å²) in [6, 6.07) is 22.0. The van der Waals surface area contributed by atoms with Gasteiger partial charge in [0.05, 0.1) is 0 Å². The van der Waals surface area contributed by atoms with Crippen LogP contribution in [0.5, 0.6) is 0 Å². The second-order valence-electron chi connectivity index (χ2n) is 7.32. The molecular formula is C25H24ClFN2O2. The van der Waals surface area contributed by atoms with E-state index in [-0.39, 0.29) is 24.2 Å². The van der Waals surface area contributed by atoms with Crippen LogP contribution in [-0.4, -0.2) is 22.8 Å². The fourth-order valence-electron chi connectivity index (χ4n) is 3.32. The second kappa shape index (κ2) is 10.7. The van der Waals surface area contributed by atoms with E-state index < -0.39 is 6.04 Å². The highest BCUT2D eigenvalue weighted by molar-refractivity contribution is 6.30. The number of hydrogen-bond acceptors (Lipinski definition) is 2. The van der Waals surface area contributed by atoms with E-state index in [0.717, 1.165) is 16.7 Å². The van der Waals surface area contributed by atoms with E-state index in [1.807, 2.05) is 42.5 Å². The maximum atomic E-state index is 13.3. The van der Waals surface area contributed by atoms with Gasteiger partial charge in [-0.1, -0.05) is 66.2 Å². The molecule has 3 aromatic rings. The summed E-state index contributed by atoms with van der Waals surface area (Å²) < 4.78 is 13.3. The minimum absolute atomic E-state index is 0.210. The number of carbonyl (C=O) groups excluding carboxylic acids is 2. The molecule has 2 amide bonds. The molecule has 4 nitrogen and oxygen atoms in total. The molecule has 3 aromatic carbocycles. The smallest absolute Gasteiger partial charge is 0.243 e. The topological polar surface area (TPSA) is 49.4 Å². The molecule has 6 heteroatoms. The van der Waals surface area contributed by atoms with Gasteiger partial charge in [0, 0.05) is 31.5 Å². The molecule has 0 aliphatic rings. The van der Waals surface area contributed by atoms with E-state index in [9.17, 15) is 14.0 Å². The van der Waals surface area contributed by atoms with Crippen LogP contribution >= 0.6 is 11.6 Å². The highest BCUT2D eigenvalue weighted by Crippen LogP contribution is 2.16. The Kier molecular flexibility index (Phi) is 7.79. The Morgan fingerprint density at radius 1 is 0.903 bits per heavy atom. The lowest BCUT2D eigenvalue weighted by Crippen LogP contribution is -2.49. The zero-order valence-electron chi connectivity index (χ0n) is 17.2. The standard InChI is InChI=1S/C25H24ClFN2O2/c1-18(30)29(17-21-9-13-23(27)14-10-21)24(15-19-5-3-2-4-6-19)25(31)28-16-20-7-11-22(26)12-8-20/h2-14,24H,15-17H2,1H3,(H,28,31)/t24-/m0/s1. The minimum Gasteiger partial charge on any atom is -0.350 e. The van der Waals surface area contributed by atoms with E-state index in [1.54, 1.807) is 24.3 Å². The molecule has 1 N–H and O–H groups in total. The van der Waals surface area contributed by atoms with Crippen molar-refractivity contribution in [3.8, 4) is 0 Å². The van der Waals surface area contributed by atoms with Gasteiger partial charge in [-0.05, 0) is 41.0 Å². The highest BCUT2D eigenvalue weighted by atomic mass is 35.5. The van der Waals surface area contributed by atoms with Crippen LogP contribution in [0, 0.1) is 5.82 Å². The Bertz CT molecular complexity index is 1010. The van der Waals surface area contributed by atoms with Gasteiger partial charge in [-0.15, -0.1) is 0 Å². The van der Waals surface area contributed by atoms with Crippen molar-refractivity contribution in [1.82, 2.24) is 10.2 Å². The molecule has 0 aliphatic heterocycles. The maximum Gasteiger partial charge on any atom is 0.243 e. The molecule has 0 aliphatic carbocycles. The van der Waals surface area contributed by atoms with Gasteiger partial charge in [0.2, 0.25) is 11.8 Å². The van der Waals surface area contributed by atoms with Crippen LogP contribution in [0.4, 0.5) is 4.39 Å². The molecule has 160 valence electrons. The van der Waals surface area contributed by atoms with Gasteiger partial charge in [0.1, 0.15) is 11.9 Å². The summed E-state index contributed by atoms with van der Waals surface area (Å²) >= 11 is 5.92. The van der Waals surface area contributed by atoms with Crippen molar-refractivity contribution in [3.63, 3.8) is 0 Å². The summed E-state index contributed by atoms with van der Waals surface area (Å²) in [6.07, 6.45) is 0.369. The molecular weight excluding hydrogens is 415 g/mol. The number of benzene rings is 3. The molecule has 0 heterocycles. The molecule has 0 fully saturated rings. The molecule has 31 heavy (non-hydrogen) atoms. The average Bonchev–Trinajstić information content (AvgIpc) is 2.77. The summed E-state index contributed by atoms with van der Waals surface area (Å²) in [5.74, 6) is -0.831. The van der Waals surface area contributed by atoms with Crippen LogP contribution < -0.4 is 5.32 Å². The SMILES string of the molecule is CC(=O)N(Cc1ccc(F)cc1)[C@@H](Cc1ccccc1)C(=O)NCc1ccc(Cl)cc1.